The molecule has 2 aromatic rings. The maximum Gasteiger partial charge on any atom is 0.229 e. The molecule has 3 aliphatic rings. The normalized spacial score (nSPS) is 28.2. The molecule has 4 atom stereocenters. The standard InChI is InChI=1S/C25H28N2O4/c28-24(21-19-11-12-20(31-19)22(21)25(29)30)27-15-13-26(14-16-27)23(17-7-3-1-4-8-17)18-9-5-2-6-10-18/h1-10,19-23H,11-16H2,(H,29,30)/t19-,20+,21-,22+/m1/s1. The molecule has 162 valence electrons. The third kappa shape index (κ3) is 3.75. The number of aliphatic carboxylic acids is 1. The first-order valence-corrected chi connectivity index (χ1v) is 11.2. The average molecular weight is 421 g/mol. The molecule has 3 heterocycles. The van der Waals surface area contributed by atoms with Gasteiger partial charge in [0.05, 0.1) is 44.3 Å². The Bertz CT molecular complexity index is 888. The zero-order valence-corrected chi connectivity index (χ0v) is 17.5. The number of nitrogens with zero attached hydrogens (tertiary/aromatic N) is 1. The van der Waals surface area contributed by atoms with Crippen molar-refractivity contribution >= 4 is 11.9 Å². The van der Waals surface area contributed by atoms with Crippen molar-refractivity contribution in [3.63, 3.8) is 0 Å². The molecule has 5 rings (SSSR count). The lowest BCUT2D eigenvalue weighted by Gasteiger charge is -2.39. The van der Waals surface area contributed by atoms with Gasteiger partial charge in [-0.25, -0.2) is 0 Å². The molecule has 6 nitrogen and oxygen atoms in total. The number of carbonyl (C=O) groups is 2. The summed E-state index contributed by atoms with van der Waals surface area (Å²) >= 11 is 0. The first kappa shape index (κ1) is 20.2. The minimum atomic E-state index is -1.15. The van der Waals surface area contributed by atoms with E-state index in [1.807, 2.05) is 17.0 Å². The summed E-state index contributed by atoms with van der Waals surface area (Å²) in [6.07, 6.45) is 0.838. The zero-order chi connectivity index (χ0) is 21.4. The summed E-state index contributed by atoms with van der Waals surface area (Å²) in [5.74, 6) is -2.62. The number of carboxylic acids is 1. The number of ether oxygens (including phenoxy) is 1. The summed E-state index contributed by atoms with van der Waals surface area (Å²) in [5, 5.41) is 11.7. The topological polar surface area (TPSA) is 74.1 Å². The molecule has 0 spiro atoms. The largest absolute Gasteiger partial charge is 0.550 e. The van der Waals surface area contributed by atoms with Crippen LogP contribution in [-0.4, -0.2) is 55.2 Å². The van der Waals surface area contributed by atoms with E-state index in [2.05, 4.69) is 48.5 Å². The fourth-order valence-electron chi connectivity index (χ4n) is 5.76. The molecule has 0 radical (unpaired) electrons. The van der Waals surface area contributed by atoms with Gasteiger partial charge >= 0.3 is 0 Å². The van der Waals surface area contributed by atoms with Gasteiger partial charge in [-0.1, -0.05) is 60.7 Å². The third-order valence-corrected chi connectivity index (χ3v) is 7.22. The fraction of sp³-hybridized carbons (Fsp3) is 0.440. The van der Waals surface area contributed by atoms with E-state index >= 15 is 0 Å². The second-order valence-corrected chi connectivity index (χ2v) is 8.90. The Balaban J connectivity index is 1.31. The number of carboxylic acid groups (broad SMARTS) is 1. The second-order valence-electron chi connectivity index (χ2n) is 8.90. The van der Waals surface area contributed by atoms with Crippen molar-refractivity contribution < 1.29 is 24.3 Å². The van der Waals surface area contributed by atoms with Crippen molar-refractivity contribution in [2.24, 2.45) is 11.8 Å². The minimum absolute atomic E-state index is 0.0728. The predicted molar refractivity (Wildman–Crippen MR) is 112 cm³/mol. The van der Waals surface area contributed by atoms with Crippen LogP contribution in [0.3, 0.4) is 0 Å². The van der Waals surface area contributed by atoms with E-state index in [0.717, 1.165) is 19.5 Å². The van der Waals surface area contributed by atoms with Crippen LogP contribution in [0.25, 0.3) is 0 Å². The Kier molecular flexibility index (Phi) is 5.50. The summed E-state index contributed by atoms with van der Waals surface area (Å²) in [6.45, 7) is 2.88. The van der Waals surface area contributed by atoms with E-state index in [4.69, 9.17) is 4.74 Å². The molecule has 31 heavy (non-hydrogen) atoms. The Morgan fingerprint density at radius 1 is 0.871 bits per heavy atom. The SMILES string of the molecule is O=C([O-])[C@@H]1[C@H](C(=O)N2CC[NH+](C(c3ccccc3)c3ccccc3)CC2)[C@H]2CC[C@@H]1O2. The van der Waals surface area contributed by atoms with Gasteiger partial charge in [0.25, 0.3) is 0 Å². The molecule has 2 aromatic carbocycles. The number of quaternary nitrogens is 1. The molecule has 1 N–H and O–H groups in total. The molecule has 2 bridgehead atoms. The smallest absolute Gasteiger partial charge is 0.229 e. The maximum absolute atomic E-state index is 13.3. The maximum atomic E-state index is 13.3. The summed E-state index contributed by atoms with van der Waals surface area (Å²) in [7, 11) is 0. The summed E-state index contributed by atoms with van der Waals surface area (Å²) < 4.78 is 5.77. The number of benzene rings is 2. The van der Waals surface area contributed by atoms with Crippen molar-refractivity contribution in [3.8, 4) is 0 Å². The fourth-order valence-corrected chi connectivity index (χ4v) is 5.76. The van der Waals surface area contributed by atoms with Crippen LogP contribution in [0.1, 0.15) is 30.0 Å². The van der Waals surface area contributed by atoms with Gasteiger partial charge in [-0.05, 0) is 12.8 Å². The number of hydrogen-bond acceptors (Lipinski definition) is 4. The quantitative estimate of drug-likeness (QED) is 0.742. The molecule has 3 aliphatic heterocycles. The molecule has 6 heteroatoms. The van der Waals surface area contributed by atoms with Crippen molar-refractivity contribution in [2.45, 2.75) is 31.1 Å². The van der Waals surface area contributed by atoms with Gasteiger partial charge in [0, 0.05) is 23.0 Å². The highest BCUT2D eigenvalue weighted by Gasteiger charge is 2.54. The van der Waals surface area contributed by atoms with Gasteiger partial charge in [0.2, 0.25) is 5.91 Å². The highest BCUT2D eigenvalue weighted by Crippen LogP contribution is 2.44. The van der Waals surface area contributed by atoms with Crippen molar-refractivity contribution in [3.05, 3.63) is 71.8 Å². The lowest BCUT2D eigenvalue weighted by atomic mass is 9.78. The number of hydrogen-bond donors (Lipinski definition) is 1. The van der Waals surface area contributed by atoms with Crippen molar-refractivity contribution in [1.29, 1.82) is 0 Å². The summed E-state index contributed by atoms with van der Waals surface area (Å²) in [5.41, 5.74) is 2.53. The van der Waals surface area contributed by atoms with Crippen LogP contribution in [-0.2, 0) is 14.3 Å². The predicted octanol–water partition coefficient (Wildman–Crippen LogP) is 0.0466. The number of piperazine rings is 1. The number of rotatable bonds is 5. The number of carbonyl (C=O) groups excluding carboxylic acids is 2. The average Bonchev–Trinajstić information content (AvgIpc) is 3.43. The van der Waals surface area contributed by atoms with Crippen LogP contribution in [0.2, 0.25) is 0 Å². The van der Waals surface area contributed by atoms with Gasteiger partial charge in [-0.15, -0.1) is 0 Å². The monoisotopic (exact) mass is 420 g/mol. The third-order valence-electron chi connectivity index (χ3n) is 7.22. The molecule has 3 fully saturated rings. The van der Waals surface area contributed by atoms with Gasteiger partial charge in [0.15, 0.2) is 0 Å². The molecule has 0 unspecified atom stereocenters. The summed E-state index contributed by atoms with van der Waals surface area (Å²) in [6, 6.07) is 21.2. The van der Waals surface area contributed by atoms with Crippen LogP contribution >= 0.6 is 0 Å². The molecule has 0 aliphatic carbocycles. The first-order valence-electron chi connectivity index (χ1n) is 11.2. The van der Waals surface area contributed by atoms with E-state index in [-0.39, 0.29) is 24.2 Å². The highest BCUT2D eigenvalue weighted by atomic mass is 16.5. The molecule has 0 aromatic heterocycles. The van der Waals surface area contributed by atoms with Crippen LogP contribution in [0.4, 0.5) is 0 Å². The Morgan fingerprint density at radius 3 is 1.90 bits per heavy atom. The molecule has 0 saturated carbocycles. The van der Waals surface area contributed by atoms with Crippen LogP contribution in [0, 0.1) is 11.8 Å². The van der Waals surface area contributed by atoms with E-state index in [1.54, 1.807) is 0 Å². The number of fused-ring (bicyclic) bond motifs is 2. The van der Waals surface area contributed by atoms with Gasteiger partial charge in [0.1, 0.15) is 6.04 Å². The van der Waals surface area contributed by atoms with Crippen LogP contribution in [0.15, 0.2) is 60.7 Å². The van der Waals surface area contributed by atoms with E-state index in [0.29, 0.717) is 19.5 Å². The second kappa shape index (κ2) is 8.44. The molecule has 3 saturated heterocycles. The van der Waals surface area contributed by atoms with E-state index in [1.165, 1.54) is 16.0 Å². The van der Waals surface area contributed by atoms with E-state index in [9.17, 15) is 14.7 Å². The number of amides is 1. The van der Waals surface area contributed by atoms with Gasteiger partial charge in [-0.3, -0.25) is 4.79 Å². The highest BCUT2D eigenvalue weighted by molar-refractivity contribution is 5.86. The molecule has 1 amide bonds. The Hall–Kier alpha value is -2.70. The molecular formula is C25H28N2O4. The summed E-state index contributed by atoms with van der Waals surface area (Å²) in [4.78, 5) is 28.2. The molecular weight excluding hydrogens is 392 g/mol. The van der Waals surface area contributed by atoms with Crippen LogP contribution < -0.4 is 10.0 Å². The van der Waals surface area contributed by atoms with Crippen LogP contribution in [0.5, 0.6) is 0 Å². The van der Waals surface area contributed by atoms with Crippen molar-refractivity contribution in [1.82, 2.24) is 4.90 Å². The Labute approximate surface area is 182 Å². The van der Waals surface area contributed by atoms with Gasteiger partial charge < -0.3 is 24.4 Å². The Morgan fingerprint density at radius 2 is 1.39 bits per heavy atom. The lowest BCUT2D eigenvalue weighted by Crippen LogP contribution is -3.15. The van der Waals surface area contributed by atoms with Crippen molar-refractivity contribution in [2.75, 3.05) is 26.2 Å². The lowest BCUT2D eigenvalue weighted by molar-refractivity contribution is -0.929. The first-order chi connectivity index (χ1) is 15.1. The number of nitrogens with one attached hydrogen (secondary N) is 1. The van der Waals surface area contributed by atoms with Gasteiger partial charge in [-0.2, -0.15) is 0 Å². The van der Waals surface area contributed by atoms with E-state index < -0.39 is 17.8 Å². The zero-order valence-electron chi connectivity index (χ0n) is 17.5. The minimum Gasteiger partial charge on any atom is -0.550 e.